The monoisotopic (exact) mass is 641 g/mol. The molecule has 0 bridgehead atoms. The second kappa shape index (κ2) is 16.5. The van der Waals surface area contributed by atoms with Crippen molar-refractivity contribution < 1.29 is 28.8 Å². The molecule has 2 aromatic carbocycles. The van der Waals surface area contributed by atoms with Crippen molar-refractivity contribution in [3.8, 4) is 6.07 Å². The summed E-state index contributed by atoms with van der Waals surface area (Å²) in [4.78, 5) is 52.0. The van der Waals surface area contributed by atoms with E-state index in [4.69, 9.17) is 4.52 Å². The van der Waals surface area contributed by atoms with Crippen LogP contribution in [0.5, 0.6) is 0 Å². The van der Waals surface area contributed by atoms with Crippen LogP contribution in [0.15, 0.2) is 64.7 Å². The molecule has 1 heterocycles. The molecule has 0 spiro atoms. The number of carbonyl (C=O) groups excluding carboxylic acids is 4. The molecule has 0 aliphatic carbocycles. The van der Waals surface area contributed by atoms with Gasteiger partial charge in [-0.3, -0.25) is 19.2 Å². The maximum Gasteiger partial charge on any atom is 0.274 e. The summed E-state index contributed by atoms with van der Waals surface area (Å²) in [5.74, 6) is -2.30. The average Bonchev–Trinajstić information content (AvgIpc) is 3.45. The van der Waals surface area contributed by atoms with E-state index in [1.54, 1.807) is 19.1 Å². The van der Waals surface area contributed by atoms with Crippen molar-refractivity contribution in [3.05, 3.63) is 93.9 Å². The molecular formula is C36H43N5O6. The maximum atomic E-state index is 13.4. The molecule has 0 radical (unpaired) electrons. The minimum Gasteiger partial charge on any atom is -0.391 e. The van der Waals surface area contributed by atoms with Gasteiger partial charge in [0.15, 0.2) is 11.5 Å². The summed E-state index contributed by atoms with van der Waals surface area (Å²) in [7, 11) is 0. The molecule has 0 saturated heterocycles. The Labute approximate surface area is 275 Å². The molecule has 0 saturated carbocycles. The number of aliphatic hydroxyl groups excluding tert-OH is 1. The Morgan fingerprint density at radius 2 is 1.66 bits per heavy atom. The second-order valence-electron chi connectivity index (χ2n) is 12.7. The van der Waals surface area contributed by atoms with Gasteiger partial charge in [-0.05, 0) is 77.2 Å². The Bertz CT molecular complexity index is 1630. The normalized spacial score (nSPS) is 13.5. The summed E-state index contributed by atoms with van der Waals surface area (Å²) < 4.78 is 4.94. The third kappa shape index (κ3) is 11.7. The van der Waals surface area contributed by atoms with Crippen LogP contribution in [-0.4, -0.2) is 51.5 Å². The number of Topliss-reactive ketones (excluding diaryl/α,β-unsaturated/α-hetero) is 1. The lowest BCUT2D eigenvalue weighted by Crippen LogP contribution is -2.49. The van der Waals surface area contributed by atoms with Crippen LogP contribution < -0.4 is 16.0 Å². The predicted molar refractivity (Wildman–Crippen MR) is 177 cm³/mol. The van der Waals surface area contributed by atoms with Crippen LogP contribution in [0.1, 0.15) is 79.0 Å². The maximum absolute atomic E-state index is 13.4. The van der Waals surface area contributed by atoms with Gasteiger partial charge < -0.3 is 25.6 Å². The summed E-state index contributed by atoms with van der Waals surface area (Å²) >= 11 is 0. The van der Waals surface area contributed by atoms with E-state index in [2.05, 4.69) is 21.1 Å². The van der Waals surface area contributed by atoms with Crippen LogP contribution in [0.2, 0.25) is 0 Å². The van der Waals surface area contributed by atoms with E-state index in [1.807, 2.05) is 70.2 Å². The number of benzene rings is 2. The first-order valence-corrected chi connectivity index (χ1v) is 15.5. The Hall–Kier alpha value is -5.08. The van der Waals surface area contributed by atoms with Crippen molar-refractivity contribution in [1.82, 2.24) is 21.1 Å². The molecule has 0 aliphatic heterocycles. The number of aliphatic hydroxyl groups is 1. The zero-order valence-corrected chi connectivity index (χ0v) is 27.7. The minimum absolute atomic E-state index is 0.0186. The van der Waals surface area contributed by atoms with Crippen molar-refractivity contribution in [1.29, 1.82) is 5.26 Å². The highest BCUT2D eigenvalue weighted by molar-refractivity contribution is 6.02. The first-order valence-electron chi connectivity index (χ1n) is 15.5. The molecule has 3 amide bonds. The number of nitrogens with zero attached hydrogens (tertiary/aromatic N) is 2. The van der Waals surface area contributed by atoms with Gasteiger partial charge in [0.1, 0.15) is 23.4 Å². The van der Waals surface area contributed by atoms with Crippen molar-refractivity contribution in [2.75, 3.05) is 0 Å². The highest BCUT2D eigenvalue weighted by Gasteiger charge is 2.31. The molecule has 3 atom stereocenters. The molecule has 0 unspecified atom stereocenters. The highest BCUT2D eigenvalue weighted by Crippen LogP contribution is 2.19. The Balaban J connectivity index is 1.74. The largest absolute Gasteiger partial charge is 0.391 e. The third-order valence-electron chi connectivity index (χ3n) is 7.31. The molecule has 0 fully saturated rings. The van der Waals surface area contributed by atoms with Gasteiger partial charge >= 0.3 is 0 Å². The lowest BCUT2D eigenvalue weighted by molar-refractivity contribution is -0.131. The Kier molecular flexibility index (Phi) is 12.8. The van der Waals surface area contributed by atoms with Gasteiger partial charge in [0.25, 0.3) is 11.8 Å². The molecule has 3 rings (SSSR count). The molecule has 11 heteroatoms. The standard InChI is InChI=1S/C36H43N5O6/c1-22-7-9-27(10-8-22)21-38-33(44)28(19-31(43)32(24(3)42)39-35(46)30-17-23(2)47-41-30)16-15-25-11-13-26(14-12-25)18-29(20-37)34(45)40-36(4,5)6/h7-14,17-18,24,28,32,42H,15-16,19,21H2,1-6H3,(H,38,44)(H,39,46)(H,40,45)/t24-,28-,32+/m1/s1. The van der Waals surface area contributed by atoms with E-state index in [1.165, 1.54) is 19.1 Å². The number of rotatable bonds is 14. The second-order valence-corrected chi connectivity index (χ2v) is 12.7. The predicted octanol–water partition coefficient (Wildman–Crippen LogP) is 4.12. The van der Waals surface area contributed by atoms with Gasteiger partial charge in [-0.25, -0.2) is 0 Å². The van der Waals surface area contributed by atoms with Crippen LogP contribution in [-0.2, 0) is 27.3 Å². The van der Waals surface area contributed by atoms with Crippen LogP contribution in [0, 0.1) is 31.1 Å². The van der Waals surface area contributed by atoms with Gasteiger partial charge in [-0.1, -0.05) is 59.3 Å². The first kappa shape index (κ1) is 36.4. The van der Waals surface area contributed by atoms with E-state index in [-0.39, 0.29) is 30.1 Å². The number of hydrogen-bond donors (Lipinski definition) is 4. The number of amides is 3. The smallest absolute Gasteiger partial charge is 0.274 e. The molecule has 4 N–H and O–H groups in total. The fraction of sp³-hybridized carbons (Fsp3) is 0.389. The van der Waals surface area contributed by atoms with Crippen molar-refractivity contribution in [3.63, 3.8) is 0 Å². The number of aryl methyl sites for hydroxylation is 3. The van der Waals surface area contributed by atoms with Gasteiger partial charge in [0.2, 0.25) is 5.91 Å². The zero-order chi connectivity index (χ0) is 34.7. The van der Waals surface area contributed by atoms with E-state index >= 15 is 0 Å². The summed E-state index contributed by atoms with van der Waals surface area (Å²) in [5, 5.41) is 31.8. The molecule has 47 heavy (non-hydrogen) atoms. The topological polar surface area (TPSA) is 174 Å². The Morgan fingerprint density at radius 3 is 2.21 bits per heavy atom. The van der Waals surface area contributed by atoms with Crippen LogP contribution >= 0.6 is 0 Å². The van der Waals surface area contributed by atoms with E-state index in [0.717, 1.165) is 16.7 Å². The molecule has 3 aromatic rings. The number of hydrogen-bond acceptors (Lipinski definition) is 8. The summed E-state index contributed by atoms with van der Waals surface area (Å²) in [6.07, 6.45) is 0.818. The zero-order valence-electron chi connectivity index (χ0n) is 27.7. The molecule has 248 valence electrons. The molecule has 1 aromatic heterocycles. The van der Waals surface area contributed by atoms with E-state index in [0.29, 0.717) is 24.2 Å². The number of carbonyl (C=O) groups is 4. The average molecular weight is 642 g/mol. The molecular weight excluding hydrogens is 598 g/mol. The summed E-state index contributed by atoms with van der Waals surface area (Å²) in [6, 6.07) is 17.1. The summed E-state index contributed by atoms with van der Waals surface area (Å²) in [6.45, 7) is 10.8. The SMILES string of the molecule is Cc1ccc(CNC(=O)[C@H](CCc2ccc(C=C(C#N)C(=O)NC(C)(C)C)cc2)CC(=O)[C@@H](NC(=O)c2cc(C)on2)[C@@H](C)O)cc1. The molecule has 11 nitrogen and oxygen atoms in total. The lowest BCUT2D eigenvalue weighted by atomic mass is 9.90. The fourth-order valence-corrected chi connectivity index (χ4v) is 4.74. The van der Waals surface area contributed by atoms with Crippen molar-refractivity contribution in [2.24, 2.45) is 5.92 Å². The van der Waals surface area contributed by atoms with Crippen LogP contribution in [0.4, 0.5) is 0 Å². The summed E-state index contributed by atoms with van der Waals surface area (Å²) in [5.41, 5.74) is 3.01. The minimum atomic E-state index is -1.26. The van der Waals surface area contributed by atoms with Crippen molar-refractivity contribution >= 4 is 29.6 Å². The highest BCUT2D eigenvalue weighted by atomic mass is 16.5. The molecule has 0 aliphatic rings. The van der Waals surface area contributed by atoms with E-state index in [9.17, 15) is 29.5 Å². The quantitative estimate of drug-likeness (QED) is 0.150. The van der Waals surface area contributed by atoms with Crippen LogP contribution in [0.25, 0.3) is 6.08 Å². The van der Waals surface area contributed by atoms with Gasteiger partial charge in [0, 0.05) is 30.5 Å². The number of aromatic nitrogens is 1. The fourth-order valence-electron chi connectivity index (χ4n) is 4.74. The first-order chi connectivity index (χ1) is 22.1. The van der Waals surface area contributed by atoms with Crippen molar-refractivity contribution in [2.45, 2.75) is 85.0 Å². The number of ketones is 1. The van der Waals surface area contributed by atoms with Gasteiger partial charge in [-0.15, -0.1) is 0 Å². The Morgan fingerprint density at radius 1 is 1.02 bits per heavy atom. The van der Waals surface area contributed by atoms with Crippen LogP contribution in [0.3, 0.4) is 0 Å². The van der Waals surface area contributed by atoms with Gasteiger partial charge in [-0.2, -0.15) is 5.26 Å². The lowest BCUT2D eigenvalue weighted by Gasteiger charge is -2.23. The third-order valence-corrected chi connectivity index (χ3v) is 7.31. The number of nitrogens with one attached hydrogen (secondary N) is 3. The number of nitriles is 1. The van der Waals surface area contributed by atoms with E-state index < -0.39 is 41.2 Å². The van der Waals surface area contributed by atoms with Gasteiger partial charge in [0.05, 0.1) is 6.10 Å².